The number of aromatic amines is 1. The lowest BCUT2D eigenvalue weighted by molar-refractivity contribution is 0.239. The summed E-state index contributed by atoms with van der Waals surface area (Å²) in [4.78, 5) is 16.0. The van der Waals surface area contributed by atoms with E-state index in [1.54, 1.807) is 24.3 Å². The zero-order valence-corrected chi connectivity index (χ0v) is 16.6. The Bertz CT molecular complexity index is 947. The van der Waals surface area contributed by atoms with Gasteiger partial charge in [-0.3, -0.25) is 4.79 Å². The number of aromatic nitrogens is 1. The van der Waals surface area contributed by atoms with E-state index in [2.05, 4.69) is 27.0 Å². The van der Waals surface area contributed by atoms with Crippen molar-refractivity contribution in [2.45, 2.75) is 0 Å². The van der Waals surface area contributed by atoms with Gasteiger partial charge in [-0.2, -0.15) is 0 Å². The number of rotatable bonds is 6. The molecule has 2 aromatic carbocycles. The summed E-state index contributed by atoms with van der Waals surface area (Å²) in [5.41, 5.74) is 1.08. The van der Waals surface area contributed by atoms with Gasteiger partial charge in [-0.1, -0.05) is 17.7 Å². The van der Waals surface area contributed by atoms with Crippen molar-refractivity contribution in [1.82, 2.24) is 4.98 Å². The van der Waals surface area contributed by atoms with Crippen molar-refractivity contribution in [2.24, 2.45) is 0 Å². The second-order valence-electron chi connectivity index (χ2n) is 4.91. The number of halogens is 2. The first-order valence-corrected chi connectivity index (χ1v) is 11.5. The third-order valence-electron chi connectivity index (χ3n) is 3.58. The molecule has 0 aliphatic heterocycles. The molecule has 5 nitrogen and oxygen atoms in total. The predicted molar refractivity (Wildman–Crippen MR) is 107 cm³/mol. The molecule has 1 aromatic heterocycles. The van der Waals surface area contributed by atoms with Crippen LogP contribution in [0.3, 0.4) is 0 Å². The minimum absolute atomic E-state index is 0.0934. The first-order valence-electron chi connectivity index (χ1n) is 7.08. The summed E-state index contributed by atoms with van der Waals surface area (Å²) in [6, 6.07) is 8.73. The Morgan fingerprint density at radius 1 is 1.17 bits per heavy atom. The second-order valence-corrected chi connectivity index (χ2v) is 7.08. The van der Waals surface area contributed by atoms with Crippen molar-refractivity contribution in [3.8, 4) is 11.5 Å². The van der Waals surface area contributed by atoms with Crippen LogP contribution in [-0.4, -0.2) is 25.3 Å². The molecule has 0 bridgehead atoms. The molecular formula is C16H14ClINO4P. The maximum Gasteiger partial charge on any atom is 0.197 e. The van der Waals surface area contributed by atoms with Gasteiger partial charge in [0.05, 0.1) is 41.6 Å². The van der Waals surface area contributed by atoms with Crippen LogP contribution in [0.4, 0.5) is 0 Å². The number of nitrogens with one attached hydrogen (secondary N) is 1. The van der Waals surface area contributed by atoms with Crippen LogP contribution in [0.1, 0.15) is 0 Å². The van der Waals surface area contributed by atoms with E-state index in [0.717, 1.165) is 0 Å². The van der Waals surface area contributed by atoms with Gasteiger partial charge in [0.1, 0.15) is 12.4 Å². The summed E-state index contributed by atoms with van der Waals surface area (Å²) in [5.74, 6) is 1.03. The Balaban J connectivity index is 2.18. The van der Waals surface area contributed by atoms with Gasteiger partial charge in [0, 0.05) is 5.39 Å². The van der Waals surface area contributed by atoms with Gasteiger partial charge in [-0.05, 0) is 46.3 Å². The van der Waals surface area contributed by atoms with Crippen LogP contribution in [-0.2, 0) is 4.52 Å². The number of ether oxygens (including phenoxy) is 2. The van der Waals surface area contributed by atoms with Crippen molar-refractivity contribution in [2.75, 3.05) is 20.3 Å². The van der Waals surface area contributed by atoms with E-state index in [-0.39, 0.29) is 5.43 Å². The zero-order valence-electron chi connectivity index (χ0n) is 12.7. The van der Waals surface area contributed by atoms with Crippen molar-refractivity contribution < 1.29 is 14.0 Å². The minimum Gasteiger partial charge on any atom is -0.493 e. The average molecular weight is 478 g/mol. The van der Waals surface area contributed by atoms with E-state index >= 15 is 0 Å². The lowest BCUT2D eigenvalue weighted by Crippen LogP contribution is -2.08. The van der Waals surface area contributed by atoms with Crippen LogP contribution in [0.2, 0.25) is 5.02 Å². The standard InChI is InChI=1S/C16H14ClINO4P/c1-21-16-11(17)6-5-10-14(16)19-13-9(15(10)20)3-2-4-12(13)22-7-8-23-24-18/h2-6,24H,7-8H2,1H3,(H,19,20). The van der Waals surface area contributed by atoms with Crippen molar-refractivity contribution in [1.29, 1.82) is 0 Å². The first-order chi connectivity index (χ1) is 11.7. The maximum atomic E-state index is 12.8. The van der Waals surface area contributed by atoms with Crippen molar-refractivity contribution in [3.05, 3.63) is 45.6 Å². The largest absolute Gasteiger partial charge is 0.493 e. The summed E-state index contributed by atoms with van der Waals surface area (Å²) >= 11 is 8.33. The highest BCUT2D eigenvalue weighted by Crippen LogP contribution is 2.33. The van der Waals surface area contributed by atoms with Crippen LogP contribution >= 0.6 is 40.1 Å². The van der Waals surface area contributed by atoms with Crippen molar-refractivity contribution >= 4 is 61.9 Å². The number of hydrogen-bond acceptors (Lipinski definition) is 4. The minimum atomic E-state index is -0.0934. The summed E-state index contributed by atoms with van der Waals surface area (Å²) in [5, 5.41) is 1.52. The van der Waals surface area contributed by atoms with E-state index < -0.39 is 0 Å². The molecule has 3 rings (SSSR count). The fourth-order valence-corrected chi connectivity index (χ4v) is 3.60. The molecule has 8 heteroatoms. The lowest BCUT2D eigenvalue weighted by atomic mass is 10.1. The Hall–Kier alpha value is -1.08. The average Bonchev–Trinajstić information content (AvgIpc) is 2.59. The molecule has 0 saturated heterocycles. The van der Waals surface area contributed by atoms with Gasteiger partial charge < -0.3 is 19.0 Å². The summed E-state index contributed by atoms with van der Waals surface area (Å²) in [7, 11) is 1.52. The summed E-state index contributed by atoms with van der Waals surface area (Å²) in [6.45, 7) is 1.28. The molecular weight excluding hydrogens is 464 g/mol. The quantitative estimate of drug-likeness (QED) is 0.242. The highest BCUT2D eigenvalue weighted by Gasteiger charge is 2.14. The molecule has 0 fully saturated rings. The fraction of sp³-hybridized carbons (Fsp3) is 0.188. The number of hydrogen-bond donors (Lipinski definition) is 1. The monoisotopic (exact) mass is 477 g/mol. The van der Waals surface area contributed by atoms with Gasteiger partial charge in [0.15, 0.2) is 11.2 Å². The number of benzene rings is 2. The third-order valence-corrected chi connectivity index (χ3v) is 5.12. The SMILES string of the molecule is COc1c(Cl)ccc2c(=O)c3cccc(OCCOPI)c3[nH]c12. The smallest absolute Gasteiger partial charge is 0.197 e. The van der Waals surface area contributed by atoms with E-state index in [1.807, 2.05) is 6.07 Å². The van der Waals surface area contributed by atoms with Crippen LogP contribution in [0.25, 0.3) is 21.8 Å². The van der Waals surface area contributed by atoms with E-state index in [0.29, 0.717) is 58.0 Å². The van der Waals surface area contributed by atoms with Crippen LogP contribution < -0.4 is 14.9 Å². The number of fused-ring (bicyclic) bond motifs is 2. The number of pyridine rings is 1. The summed E-state index contributed by atoms with van der Waals surface area (Å²) in [6.07, 6.45) is 0. The summed E-state index contributed by atoms with van der Waals surface area (Å²) < 4.78 is 16.4. The molecule has 1 atom stereocenters. The van der Waals surface area contributed by atoms with Crippen LogP contribution in [0, 0.1) is 0 Å². The van der Waals surface area contributed by atoms with Gasteiger partial charge >= 0.3 is 0 Å². The van der Waals surface area contributed by atoms with E-state index in [4.69, 9.17) is 25.6 Å². The molecule has 0 amide bonds. The Morgan fingerprint density at radius 3 is 2.71 bits per heavy atom. The number of H-pyrrole nitrogens is 1. The van der Waals surface area contributed by atoms with Gasteiger partial charge in [-0.15, -0.1) is 0 Å². The fourth-order valence-electron chi connectivity index (χ4n) is 2.54. The van der Waals surface area contributed by atoms with Gasteiger partial charge in [-0.25, -0.2) is 0 Å². The second kappa shape index (κ2) is 7.87. The molecule has 1 heterocycles. The Kier molecular flexibility index (Phi) is 5.81. The topological polar surface area (TPSA) is 60.6 Å². The molecule has 0 radical (unpaired) electrons. The molecule has 3 aromatic rings. The molecule has 126 valence electrons. The molecule has 0 aliphatic carbocycles. The molecule has 0 saturated carbocycles. The first kappa shape index (κ1) is 17.7. The molecule has 24 heavy (non-hydrogen) atoms. The van der Waals surface area contributed by atoms with Gasteiger partial charge in [0.25, 0.3) is 0 Å². The highest BCUT2D eigenvalue weighted by atomic mass is 127. The van der Waals surface area contributed by atoms with Crippen molar-refractivity contribution in [3.63, 3.8) is 0 Å². The van der Waals surface area contributed by atoms with E-state index in [9.17, 15) is 4.79 Å². The zero-order chi connectivity index (χ0) is 17.1. The molecule has 0 spiro atoms. The van der Waals surface area contributed by atoms with Crippen LogP contribution in [0.15, 0.2) is 35.1 Å². The third kappa shape index (κ3) is 3.33. The Labute approximate surface area is 158 Å². The molecule has 1 N–H and O–H groups in total. The van der Waals surface area contributed by atoms with E-state index in [1.165, 1.54) is 7.11 Å². The molecule has 0 aliphatic rings. The van der Waals surface area contributed by atoms with Crippen LogP contribution in [0.5, 0.6) is 11.5 Å². The van der Waals surface area contributed by atoms with Gasteiger partial charge in [0.2, 0.25) is 0 Å². The maximum absolute atomic E-state index is 12.8. The Morgan fingerprint density at radius 2 is 1.96 bits per heavy atom. The highest BCUT2D eigenvalue weighted by molar-refractivity contribution is 14.2. The molecule has 1 unspecified atom stereocenters. The normalized spacial score (nSPS) is 11.6. The number of methoxy groups -OCH3 is 1. The lowest BCUT2D eigenvalue weighted by Gasteiger charge is -2.12. The predicted octanol–water partition coefficient (Wildman–Crippen LogP) is 4.68. The number of para-hydroxylation sites is 1.